The number of aliphatic hydroxyl groups is 1. The minimum atomic E-state index is -3.38. The molecule has 1 aliphatic rings. The highest BCUT2D eigenvalue weighted by Crippen LogP contribution is 2.28. The summed E-state index contributed by atoms with van der Waals surface area (Å²) in [5.74, 6) is 0. The van der Waals surface area contributed by atoms with E-state index in [4.69, 9.17) is 0 Å². The van der Waals surface area contributed by atoms with Crippen LogP contribution < -0.4 is 0 Å². The van der Waals surface area contributed by atoms with Gasteiger partial charge in [-0.25, -0.2) is 8.42 Å². The second-order valence-corrected chi connectivity index (χ2v) is 6.88. The van der Waals surface area contributed by atoms with Crippen molar-refractivity contribution in [3.05, 3.63) is 0 Å². The standard InChI is InChI=1S/C5H11NO4P2S.C2H6/c7-4(11)5(8)1-2-6(3-5)13(9,10)12;1-2/h8H,1-3,11-12H2;1-2H3. The minimum absolute atomic E-state index is 0.152. The molecule has 1 saturated heterocycles. The van der Waals surface area contributed by atoms with Gasteiger partial charge in [-0.05, 0) is 6.42 Å². The number of nitrogens with zero attached hydrogens (tertiary/aromatic N) is 1. The highest BCUT2D eigenvalue weighted by atomic mass is 32.7. The maximum Gasteiger partial charge on any atom is 0.224 e. The van der Waals surface area contributed by atoms with E-state index in [9.17, 15) is 18.3 Å². The second-order valence-electron chi connectivity index (χ2n) is 3.02. The van der Waals surface area contributed by atoms with E-state index in [1.807, 2.05) is 23.1 Å². The molecule has 0 saturated carbocycles. The molecule has 3 atom stereocenters. The first-order valence-corrected chi connectivity index (χ1v) is 8.05. The van der Waals surface area contributed by atoms with E-state index >= 15 is 0 Å². The Balaban J connectivity index is 0.000000921. The lowest BCUT2D eigenvalue weighted by molar-refractivity contribution is -0.126. The Bertz CT molecular complexity index is 332. The number of β-amino-alcohol motifs (C(OH)–C–C–N with tert-alkyl or cyclic N) is 1. The number of hydrogen-bond donors (Lipinski definition) is 1. The van der Waals surface area contributed by atoms with E-state index in [-0.39, 0.29) is 19.5 Å². The zero-order chi connectivity index (χ0) is 12.3. The van der Waals surface area contributed by atoms with Gasteiger partial charge in [-0.15, -0.1) is 0 Å². The third-order valence-electron chi connectivity index (χ3n) is 2.03. The van der Waals surface area contributed by atoms with Crippen LogP contribution in [0.1, 0.15) is 20.3 Å². The second kappa shape index (κ2) is 5.65. The van der Waals surface area contributed by atoms with Gasteiger partial charge in [0.15, 0.2) is 5.52 Å². The Hall–Kier alpha value is 0.400. The monoisotopic (exact) mass is 273 g/mol. The maximum absolute atomic E-state index is 11.0. The van der Waals surface area contributed by atoms with Gasteiger partial charge in [0.25, 0.3) is 0 Å². The summed E-state index contributed by atoms with van der Waals surface area (Å²) < 4.78 is 23.1. The number of hydrogen-bond acceptors (Lipinski definition) is 4. The Morgan fingerprint density at radius 3 is 2.13 bits per heavy atom. The maximum atomic E-state index is 11.0. The molecule has 8 heteroatoms. The smallest absolute Gasteiger partial charge is 0.224 e. The largest absolute Gasteiger partial charge is 0.380 e. The zero-order valence-electron chi connectivity index (χ0n) is 8.80. The Kier molecular flexibility index (Phi) is 5.80. The van der Waals surface area contributed by atoms with Crippen molar-refractivity contribution in [2.45, 2.75) is 25.9 Å². The van der Waals surface area contributed by atoms with Crippen molar-refractivity contribution in [3.63, 3.8) is 0 Å². The van der Waals surface area contributed by atoms with Crippen LogP contribution in [0, 0.1) is 0 Å². The summed E-state index contributed by atoms with van der Waals surface area (Å²) in [6, 6.07) is 0. The molecule has 3 unspecified atom stereocenters. The van der Waals surface area contributed by atoms with Crippen LogP contribution in [0.25, 0.3) is 0 Å². The van der Waals surface area contributed by atoms with Crippen molar-refractivity contribution in [2.75, 3.05) is 13.1 Å². The summed E-state index contributed by atoms with van der Waals surface area (Å²) in [4.78, 5) is 10.9. The third-order valence-corrected chi connectivity index (χ3v) is 4.49. The van der Waals surface area contributed by atoms with E-state index in [1.54, 1.807) is 8.44 Å². The van der Waals surface area contributed by atoms with Gasteiger partial charge in [-0.3, -0.25) is 4.79 Å². The number of carbonyl (C=O) groups excluding carboxylic acids is 1. The van der Waals surface area contributed by atoms with Crippen LogP contribution in [0.4, 0.5) is 0 Å². The Morgan fingerprint density at radius 2 is 1.93 bits per heavy atom. The third kappa shape index (κ3) is 4.04. The van der Waals surface area contributed by atoms with Gasteiger partial charge in [0.1, 0.15) is 5.60 Å². The summed E-state index contributed by atoms with van der Waals surface area (Å²) in [5, 5.41) is 9.62. The molecule has 1 N–H and O–H groups in total. The summed E-state index contributed by atoms with van der Waals surface area (Å²) in [7, 11) is 0.184. The molecule has 90 valence electrons. The van der Waals surface area contributed by atoms with Crippen molar-refractivity contribution in [2.24, 2.45) is 0 Å². The Morgan fingerprint density at radius 1 is 1.47 bits per heavy atom. The van der Waals surface area contributed by atoms with Gasteiger partial charge in [-0.1, -0.05) is 23.1 Å². The molecule has 15 heavy (non-hydrogen) atoms. The molecule has 1 rings (SSSR count). The molecule has 0 spiro atoms. The molecule has 0 amide bonds. The van der Waals surface area contributed by atoms with Crippen LogP contribution in [0.15, 0.2) is 0 Å². The molecule has 5 nitrogen and oxygen atoms in total. The normalized spacial score (nSPS) is 27.0. The fraction of sp³-hybridized carbons (Fsp3) is 0.857. The van der Waals surface area contributed by atoms with Gasteiger partial charge in [0.05, 0.1) is 6.54 Å². The molecular weight excluding hydrogens is 256 g/mol. The molecule has 1 heterocycles. The molecule has 0 aromatic rings. The molecule has 0 aromatic carbocycles. The molecule has 0 bridgehead atoms. The molecular formula is C7H17NO4P2S. The first-order chi connectivity index (χ1) is 6.76. The fourth-order valence-corrected chi connectivity index (χ4v) is 2.69. The lowest BCUT2D eigenvalue weighted by atomic mass is 10.1. The summed E-state index contributed by atoms with van der Waals surface area (Å²) >= 11 is 0. The number of carbonyl (C=O) groups is 1. The van der Waals surface area contributed by atoms with Crippen molar-refractivity contribution >= 4 is 32.8 Å². The van der Waals surface area contributed by atoms with Gasteiger partial charge in [0.2, 0.25) is 9.64 Å². The molecule has 0 aliphatic carbocycles. The van der Waals surface area contributed by atoms with Gasteiger partial charge >= 0.3 is 0 Å². The van der Waals surface area contributed by atoms with E-state index < -0.39 is 20.8 Å². The van der Waals surface area contributed by atoms with Gasteiger partial charge in [0, 0.05) is 15.0 Å². The predicted octanol–water partition coefficient (Wildman–Crippen LogP) is -0.0290. The highest BCUT2D eigenvalue weighted by molar-refractivity contribution is 8.36. The lowest BCUT2D eigenvalue weighted by Crippen LogP contribution is -2.39. The van der Waals surface area contributed by atoms with Crippen LogP contribution in [0.3, 0.4) is 0 Å². The molecule has 1 fully saturated rings. The van der Waals surface area contributed by atoms with Crippen molar-refractivity contribution in [3.8, 4) is 0 Å². The van der Waals surface area contributed by atoms with Crippen LogP contribution >= 0.6 is 17.7 Å². The summed E-state index contributed by atoms with van der Waals surface area (Å²) in [6.45, 7) is 4.03. The van der Waals surface area contributed by atoms with Crippen molar-refractivity contribution < 1.29 is 18.3 Å². The average molecular weight is 273 g/mol. The summed E-state index contributed by atoms with van der Waals surface area (Å²) in [5.41, 5.74) is -1.99. The predicted molar refractivity (Wildman–Crippen MR) is 65.8 cm³/mol. The molecule has 0 radical (unpaired) electrons. The van der Waals surface area contributed by atoms with Gasteiger partial charge < -0.3 is 5.11 Å². The van der Waals surface area contributed by atoms with Gasteiger partial charge in [-0.2, -0.15) is 4.31 Å². The number of rotatable bonds is 2. The topological polar surface area (TPSA) is 74.7 Å². The first-order valence-electron chi connectivity index (χ1n) is 4.56. The van der Waals surface area contributed by atoms with E-state index in [2.05, 4.69) is 0 Å². The zero-order valence-corrected chi connectivity index (χ0v) is 11.9. The van der Waals surface area contributed by atoms with Crippen LogP contribution in [0.5, 0.6) is 0 Å². The minimum Gasteiger partial charge on any atom is -0.380 e. The van der Waals surface area contributed by atoms with Crippen molar-refractivity contribution in [1.29, 1.82) is 0 Å². The van der Waals surface area contributed by atoms with Crippen LogP contribution in [-0.4, -0.2) is 42.0 Å². The lowest BCUT2D eigenvalue weighted by Gasteiger charge is -2.18. The quantitative estimate of drug-likeness (QED) is 0.717. The van der Waals surface area contributed by atoms with E-state index in [0.29, 0.717) is 0 Å². The molecule has 0 aromatic heterocycles. The summed E-state index contributed by atoms with van der Waals surface area (Å²) in [6.07, 6.45) is 0.156. The highest BCUT2D eigenvalue weighted by Gasteiger charge is 2.43. The van der Waals surface area contributed by atoms with E-state index in [1.165, 1.54) is 0 Å². The fourth-order valence-electron chi connectivity index (χ4n) is 1.18. The molecule has 1 aliphatic heterocycles. The van der Waals surface area contributed by atoms with E-state index in [0.717, 1.165) is 4.31 Å². The van der Waals surface area contributed by atoms with Crippen LogP contribution in [0.2, 0.25) is 0 Å². The van der Waals surface area contributed by atoms with Crippen molar-refractivity contribution in [1.82, 2.24) is 4.31 Å². The Labute approximate surface area is 94.8 Å². The first kappa shape index (κ1) is 15.4. The average Bonchev–Trinajstić information content (AvgIpc) is 2.52. The van der Waals surface area contributed by atoms with Crippen LogP contribution in [-0.2, 0) is 14.4 Å². The SMILES string of the molecule is CC.O=C(P)C1(O)CCN(S(=O)(=O)P)C1.